The normalized spacial score (nSPS) is 11.2. The molecule has 12 heteroatoms. The summed E-state index contributed by atoms with van der Waals surface area (Å²) in [7, 11) is 1.49. The number of carbonyl (C=O) groups excluding carboxylic acids is 2. The molecular formula is C30H20F4N6O2. The molecule has 3 aromatic heterocycles. The number of hydrogen-bond donors (Lipinski definition) is 2. The molecule has 0 spiro atoms. The summed E-state index contributed by atoms with van der Waals surface area (Å²) in [6.07, 6.45) is 0.448. The highest BCUT2D eigenvalue weighted by Gasteiger charge is 2.36. The minimum atomic E-state index is -4.93. The van der Waals surface area contributed by atoms with Crippen molar-refractivity contribution in [1.82, 2.24) is 25.3 Å². The highest BCUT2D eigenvalue weighted by atomic mass is 19.4. The molecule has 2 amide bonds. The van der Waals surface area contributed by atoms with Gasteiger partial charge in [0, 0.05) is 48.5 Å². The van der Waals surface area contributed by atoms with Gasteiger partial charge in [0.25, 0.3) is 11.8 Å². The monoisotopic (exact) mass is 572 g/mol. The van der Waals surface area contributed by atoms with Crippen molar-refractivity contribution in [2.45, 2.75) is 6.18 Å². The molecule has 0 radical (unpaired) electrons. The van der Waals surface area contributed by atoms with Crippen LogP contribution in [0.15, 0.2) is 91.5 Å². The molecule has 210 valence electrons. The molecular weight excluding hydrogens is 552 g/mol. The Morgan fingerprint density at radius 1 is 0.786 bits per heavy atom. The van der Waals surface area contributed by atoms with Crippen LogP contribution in [-0.2, 0) is 6.18 Å². The van der Waals surface area contributed by atoms with Crippen molar-refractivity contribution in [2.24, 2.45) is 0 Å². The summed E-state index contributed by atoms with van der Waals surface area (Å²) >= 11 is 0. The third-order valence-corrected chi connectivity index (χ3v) is 6.20. The van der Waals surface area contributed by atoms with Gasteiger partial charge in [-0.15, -0.1) is 0 Å². The fraction of sp³-hybridized carbons (Fsp3) is 0.0667. The number of halogens is 4. The van der Waals surface area contributed by atoms with E-state index in [9.17, 15) is 22.8 Å². The zero-order valence-electron chi connectivity index (χ0n) is 21.8. The number of amides is 2. The largest absolute Gasteiger partial charge is 0.417 e. The minimum absolute atomic E-state index is 0.151. The van der Waals surface area contributed by atoms with E-state index < -0.39 is 34.6 Å². The van der Waals surface area contributed by atoms with Crippen LogP contribution in [0.3, 0.4) is 0 Å². The van der Waals surface area contributed by atoms with E-state index in [2.05, 4.69) is 30.6 Å². The number of carbonyl (C=O) groups is 2. The first-order chi connectivity index (χ1) is 20.2. The van der Waals surface area contributed by atoms with E-state index in [4.69, 9.17) is 0 Å². The van der Waals surface area contributed by atoms with Crippen LogP contribution in [0.1, 0.15) is 26.3 Å². The smallest absolute Gasteiger partial charge is 0.355 e. The fourth-order valence-corrected chi connectivity index (χ4v) is 4.16. The summed E-state index contributed by atoms with van der Waals surface area (Å²) in [5.74, 6) is -3.04. The Balaban J connectivity index is 1.58. The van der Waals surface area contributed by atoms with Crippen LogP contribution in [0.2, 0.25) is 0 Å². The number of nitrogens with one attached hydrogen (secondary N) is 2. The van der Waals surface area contributed by atoms with Gasteiger partial charge in [-0.1, -0.05) is 30.3 Å². The number of pyridine rings is 2. The lowest BCUT2D eigenvalue weighted by molar-refractivity contribution is -0.137. The van der Waals surface area contributed by atoms with Gasteiger partial charge in [-0.25, -0.2) is 14.4 Å². The molecule has 3 heterocycles. The van der Waals surface area contributed by atoms with Crippen LogP contribution < -0.4 is 10.6 Å². The van der Waals surface area contributed by atoms with Gasteiger partial charge in [-0.05, 0) is 36.4 Å². The van der Waals surface area contributed by atoms with Crippen molar-refractivity contribution in [2.75, 3.05) is 12.4 Å². The first kappa shape index (κ1) is 28.0. The van der Waals surface area contributed by atoms with Crippen LogP contribution in [0.5, 0.6) is 0 Å². The summed E-state index contributed by atoms with van der Waals surface area (Å²) in [6.45, 7) is 0. The van der Waals surface area contributed by atoms with E-state index in [-0.39, 0.29) is 23.5 Å². The Hall–Kier alpha value is -5.52. The SMILES string of the molecule is CNC(=O)c1ccc(-c2cnc(-c3ccccc3)c(NC(=O)c3cc(-c4ncccn4)c(C(F)(F)F)cc3F)c2)nc1. The molecule has 0 bridgehead atoms. The fourth-order valence-electron chi connectivity index (χ4n) is 4.16. The predicted octanol–water partition coefficient (Wildman–Crippen LogP) is 6.04. The number of nitrogens with zero attached hydrogens (tertiary/aromatic N) is 4. The van der Waals surface area contributed by atoms with Gasteiger partial charge in [-0.3, -0.25) is 19.6 Å². The molecule has 5 rings (SSSR count). The first-order valence-electron chi connectivity index (χ1n) is 12.4. The lowest BCUT2D eigenvalue weighted by atomic mass is 10.0. The van der Waals surface area contributed by atoms with Crippen LogP contribution in [0.25, 0.3) is 33.9 Å². The lowest BCUT2D eigenvalue weighted by Crippen LogP contribution is -2.18. The average Bonchev–Trinajstić information content (AvgIpc) is 3.01. The quantitative estimate of drug-likeness (QED) is 0.240. The van der Waals surface area contributed by atoms with Crippen LogP contribution in [0, 0.1) is 5.82 Å². The van der Waals surface area contributed by atoms with Crippen LogP contribution in [-0.4, -0.2) is 38.8 Å². The number of benzene rings is 2. The van der Waals surface area contributed by atoms with Crippen molar-refractivity contribution < 1.29 is 27.2 Å². The highest BCUT2D eigenvalue weighted by molar-refractivity contribution is 6.07. The summed E-state index contributed by atoms with van der Waals surface area (Å²) in [4.78, 5) is 41.8. The second kappa shape index (κ2) is 11.5. The molecule has 0 aliphatic rings. The zero-order chi connectivity index (χ0) is 29.9. The first-order valence-corrected chi connectivity index (χ1v) is 12.4. The standard InChI is InChI=1S/C30H20F4N6O2/c1-35-28(41)18-8-9-24(38-15-18)19-12-25(26(39-16-19)17-6-3-2-4-7-17)40-29(42)21-13-20(27-36-10-5-11-37-27)22(14-23(21)31)30(32,33)34/h2-16H,1H3,(H,35,41)(H,40,42). The Morgan fingerprint density at radius 3 is 2.17 bits per heavy atom. The molecule has 42 heavy (non-hydrogen) atoms. The van der Waals surface area contributed by atoms with Crippen molar-refractivity contribution >= 4 is 17.5 Å². The van der Waals surface area contributed by atoms with Crippen molar-refractivity contribution in [1.29, 1.82) is 0 Å². The number of alkyl halides is 3. The molecule has 2 N–H and O–H groups in total. The maximum absolute atomic E-state index is 15.1. The molecule has 0 aliphatic heterocycles. The number of anilines is 1. The van der Waals surface area contributed by atoms with Gasteiger partial charge in [0.05, 0.1) is 33.8 Å². The third-order valence-electron chi connectivity index (χ3n) is 6.20. The van der Waals surface area contributed by atoms with Gasteiger partial charge in [0.2, 0.25) is 0 Å². The zero-order valence-corrected chi connectivity index (χ0v) is 21.8. The van der Waals surface area contributed by atoms with E-state index in [1.807, 2.05) is 0 Å². The molecule has 8 nitrogen and oxygen atoms in total. The number of aromatic nitrogens is 4. The Morgan fingerprint density at radius 2 is 1.52 bits per heavy atom. The van der Waals surface area contributed by atoms with E-state index in [0.717, 1.165) is 6.07 Å². The minimum Gasteiger partial charge on any atom is -0.355 e. The number of hydrogen-bond acceptors (Lipinski definition) is 6. The molecule has 0 aliphatic carbocycles. The molecule has 5 aromatic rings. The lowest BCUT2D eigenvalue weighted by Gasteiger charge is -2.16. The van der Waals surface area contributed by atoms with Gasteiger partial charge in [0.15, 0.2) is 5.82 Å². The van der Waals surface area contributed by atoms with Crippen LogP contribution >= 0.6 is 0 Å². The van der Waals surface area contributed by atoms with Gasteiger partial charge in [-0.2, -0.15) is 13.2 Å². The highest BCUT2D eigenvalue weighted by Crippen LogP contribution is 2.38. The van der Waals surface area contributed by atoms with E-state index in [1.165, 1.54) is 37.9 Å². The second-order valence-corrected chi connectivity index (χ2v) is 8.90. The summed E-state index contributed by atoms with van der Waals surface area (Å²) in [5.41, 5.74) is -0.204. The van der Waals surface area contributed by atoms with Gasteiger partial charge >= 0.3 is 6.18 Å². The summed E-state index contributed by atoms with van der Waals surface area (Å²) in [6, 6.07) is 16.0. The maximum atomic E-state index is 15.1. The molecule has 0 unspecified atom stereocenters. The van der Waals surface area contributed by atoms with E-state index in [1.54, 1.807) is 48.5 Å². The summed E-state index contributed by atoms with van der Waals surface area (Å²) in [5, 5.41) is 5.10. The van der Waals surface area contributed by atoms with E-state index >= 15 is 4.39 Å². The molecule has 2 aromatic carbocycles. The van der Waals surface area contributed by atoms with E-state index in [0.29, 0.717) is 28.1 Å². The Labute approximate surface area is 236 Å². The molecule has 0 fully saturated rings. The van der Waals surface area contributed by atoms with Gasteiger partial charge in [0.1, 0.15) is 5.82 Å². The van der Waals surface area contributed by atoms with Gasteiger partial charge < -0.3 is 10.6 Å². The summed E-state index contributed by atoms with van der Waals surface area (Å²) < 4.78 is 56.4. The second-order valence-electron chi connectivity index (χ2n) is 8.90. The van der Waals surface area contributed by atoms with Crippen molar-refractivity contribution in [3.8, 4) is 33.9 Å². The number of rotatable bonds is 6. The van der Waals surface area contributed by atoms with Crippen molar-refractivity contribution in [3.63, 3.8) is 0 Å². The molecule has 0 atom stereocenters. The van der Waals surface area contributed by atoms with Crippen LogP contribution in [0.4, 0.5) is 23.2 Å². The third kappa shape index (κ3) is 5.82. The molecule has 0 saturated heterocycles. The Bertz CT molecular complexity index is 1760. The topological polar surface area (TPSA) is 110 Å². The Kier molecular flexibility index (Phi) is 7.69. The maximum Gasteiger partial charge on any atom is 0.417 e. The molecule has 0 saturated carbocycles. The predicted molar refractivity (Wildman–Crippen MR) is 147 cm³/mol. The average molecular weight is 573 g/mol. The van der Waals surface area contributed by atoms with Crippen molar-refractivity contribution in [3.05, 3.63) is 114 Å².